The van der Waals surface area contributed by atoms with Gasteiger partial charge in [-0.15, -0.1) is 0 Å². The van der Waals surface area contributed by atoms with Crippen molar-refractivity contribution >= 4 is 0 Å². The number of rotatable bonds is 5. The highest BCUT2D eigenvalue weighted by Gasteiger charge is 2.23. The van der Waals surface area contributed by atoms with Crippen molar-refractivity contribution in [1.82, 2.24) is 25.0 Å². The topological polar surface area (TPSA) is 67.9 Å². The highest BCUT2D eigenvalue weighted by atomic mass is 19.3. The summed E-state index contributed by atoms with van der Waals surface area (Å²) in [6, 6.07) is 0. The standard InChI is InChI=1S/C14H17F2N5O/c15-12(16)8-21-3-1-10(2-4-21)5-13-19-14(20-22-13)11-6-17-9-18-7-11/h6-7,9-10,12H,1-5,8H2. The molecule has 0 radical (unpaired) electrons. The second kappa shape index (κ2) is 6.87. The summed E-state index contributed by atoms with van der Waals surface area (Å²) in [4.78, 5) is 14.0. The number of hydrogen-bond donors (Lipinski definition) is 0. The molecule has 22 heavy (non-hydrogen) atoms. The van der Waals surface area contributed by atoms with E-state index in [1.54, 1.807) is 12.4 Å². The molecule has 2 aromatic heterocycles. The Morgan fingerprint density at radius 1 is 1.23 bits per heavy atom. The van der Waals surface area contributed by atoms with Gasteiger partial charge in [0.05, 0.1) is 12.1 Å². The molecule has 1 aliphatic rings. The predicted molar refractivity (Wildman–Crippen MR) is 74.2 cm³/mol. The zero-order valence-corrected chi connectivity index (χ0v) is 12.0. The van der Waals surface area contributed by atoms with Gasteiger partial charge in [-0.05, 0) is 31.8 Å². The third-order valence-electron chi connectivity index (χ3n) is 3.85. The maximum absolute atomic E-state index is 12.3. The van der Waals surface area contributed by atoms with Gasteiger partial charge in [0.25, 0.3) is 6.43 Å². The van der Waals surface area contributed by atoms with Crippen LogP contribution in [0.1, 0.15) is 18.7 Å². The van der Waals surface area contributed by atoms with E-state index in [9.17, 15) is 8.78 Å². The van der Waals surface area contributed by atoms with Crippen molar-refractivity contribution in [2.24, 2.45) is 5.92 Å². The molecule has 0 N–H and O–H groups in total. The Hall–Kier alpha value is -1.96. The fourth-order valence-electron chi connectivity index (χ4n) is 2.68. The first-order valence-corrected chi connectivity index (χ1v) is 7.29. The summed E-state index contributed by atoms with van der Waals surface area (Å²) in [5.41, 5.74) is 0.712. The quantitative estimate of drug-likeness (QED) is 0.842. The predicted octanol–water partition coefficient (Wildman–Crippen LogP) is 2.05. The van der Waals surface area contributed by atoms with E-state index in [2.05, 4.69) is 20.1 Å². The molecular weight excluding hydrogens is 292 g/mol. The smallest absolute Gasteiger partial charge is 0.251 e. The molecule has 1 saturated heterocycles. The Morgan fingerprint density at radius 3 is 2.64 bits per heavy atom. The number of aromatic nitrogens is 4. The van der Waals surface area contributed by atoms with E-state index < -0.39 is 6.43 Å². The Kier molecular flexibility index (Phi) is 4.67. The van der Waals surface area contributed by atoms with Crippen molar-refractivity contribution in [3.8, 4) is 11.4 Å². The van der Waals surface area contributed by atoms with Gasteiger partial charge in [-0.2, -0.15) is 4.98 Å². The minimum Gasteiger partial charge on any atom is -0.339 e. The van der Waals surface area contributed by atoms with Gasteiger partial charge in [0, 0.05) is 18.8 Å². The number of alkyl halides is 2. The molecular formula is C14H17F2N5O. The van der Waals surface area contributed by atoms with Gasteiger partial charge in [0.2, 0.25) is 11.7 Å². The Labute approximate surface area is 126 Å². The van der Waals surface area contributed by atoms with Gasteiger partial charge in [-0.3, -0.25) is 4.90 Å². The lowest BCUT2D eigenvalue weighted by atomic mass is 9.93. The molecule has 2 aromatic rings. The fraction of sp³-hybridized carbons (Fsp3) is 0.571. The summed E-state index contributed by atoms with van der Waals surface area (Å²) in [6.07, 6.45) is 4.87. The van der Waals surface area contributed by atoms with E-state index in [-0.39, 0.29) is 6.54 Å². The number of likely N-dealkylation sites (tertiary alicyclic amines) is 1. The Balaban J connectivity index is 1.54. The van der Waals surface area contributed by atoms with Crippen LogP contribution in [-0.2, 0) is 6.42 Å². The molecule has 3 rings (SSSR count). The van der Waals surface area contributed by atoms with Crippen LogP contribution in [0.4, 0.5) is 8.78 Å². The molecule has 1 fully saturated rings. The van der Waals surface area contributed by atoms with Gasteiger partial charge >= 0.3 is 0 Å². The Bertz CT molecular complexity index is 584. The molecule has 0 unspecified atom stereocenters. The summed E-state index contributed by atoms with van der Waals surface area (Å²) in [7, 11) is 0. The second-order valence-electron chi connectivity index (χ2n) is 5.48. The maximum atomic E-state index is 12.3. The zero-order valence-electron chi connectivity index (χ0n) is 12.0. The van der Waals surface area contributed by atoms with Crippen molar-refractivity contribution in [3.05, 3.63) is 24.6 Å². The number of hydrogen-bond acceptors (Lipinski definition) is 6. The van der Waals surface area contributed by atoms with Crippen molar-refractivity contribution in [3.63, 3.8) is 0 Å². The third-order valence-corrected chi connectivity index (χ3v) is 3.85. The van der Waals surface area contributed by atoms with Crippen molar-refractivity contribution in [2.75, 3.05) is 19.6 Å². The lowest BCUT2D eigenvalue weighted by Crippen LogP contribution is -2.37. The van der Waals surface area contributed by atoms with Gasteiger partial charge < -0.3 is 4.52 Å². The summed E-state index contributed by atoms with van der Waals surface area (Å²) >= 11 is 0. The summed E-state index contributed by atoms with van der Waals surface area (Å²) in [5, 5.41) is 3.93. The molecule has 0 saturated carbocycles. The van der Waals surface area contributed by atoms with Crippen molar-refractivity contribution in [2.45, 2.75) is 25.7 Å². The lowest BCUT2D eigenvalue weighted by Gasteiger charge is -2.30. The summed E-state index contributed by atoms with van der Waals surface area (Å²) < 4.78 is 29.9. The Morgan fingerprint density at radius 2 is 1.95 bits per heavy atom. The van der Waals surface area contributed by atoms with Crippen LogP contribution in [0.2, 0.25) is 0 Å². The van der Waals surface area contributed by atoms with Crippen LogP contribution < -0.4 is 0 Å². The molecule has 3 heterocycles. The minimum absolute atomic E-state index is 0.133. The first-order chi connectivity index (χ1) is 10.7. The zero-order chi connectivity index (χ0) is 15.4. The highest BCUT2D eigenvalue weighted by Crippen LogP contribution is 2.22. The van der Waals surface area contributed by atoms with Gasteiger partial charge in [0.15, 0.2) is 0 Å². The van der Waals surface area contributed by atoms with Crippen LogP contribution in [0, 0.1) is 5.92 Å². The molecule has 0 aromatic carbocycles. The van der Waals surface area contributed by atoms with E-state index in [4.69, 9.17) is 4.52 Å². The second-order valence-corrected chi connectivity index (χ2v) is 5.48. The van der Waals surface area contributed by atoms with E-state index in [1.165, 1.54) is 6.33 Å². The normalized spacial score (nSPS) is 17.2. The number of nitrogens with zero attached hydrogens (tertiary/aromatic N) is 5. The SMILES string of the molecule is FC(F)CN1CCC(Cc2nc(-c3cncnc3)no2)CC1. The lowest BCUT2D eigenvalue weighted by molar-refractivity contribution is 0.0681. The van der Waals surface area contributed by atoms with Crippen LogP contribution in [-0.4, -0.2) is 51.1 Å². The fourth-order valence-corrected chi connectivity index (χ4v) is 2.68. The molecule has 1 aliphatic heterocycles. The van der Waals surface area contributed by atoms with E-state index in [0.717, 1.165) is 12.8 Å². The maximum Gasteiger partial charge on any atom is 0.251 e. The van der Waals surface area contributed by atoms with Crippen LogP contribution in [0.25, 0.3) is 11.4 Å². The molecule has 0 spiro atoms. The average molecular weight is 309 g/mol. The molecule has 8 heteroatoms. The highest BCUT2D eigenvalue weighted by molar-refractivity contribution is 5.50. The molecule has 0 bridgehead atoms. The number of piperidine rings is 1. The van der Waals surface area contributed by atoms with Crippen LogP contribution in [0.5, 0.6) is 0 Å². The van der Waals surface area contributed by atoms with E-state index in [0.29, 0.717) is 42.7 Å². The summed E-state index contributed by atoms with van der Waals surface area (Å²) in [5.74, 6) is 1.45. The van der Waals surface area contributed by atoms with Gasteiger partial charge in [-0.25, -0.2) is 18.7 Å². The van der Waals surface area contributed by atoms with Crippen LogP contribution in [0.3, 0.4) is 0 Å². The van der Waals surface area contributed by atoms with E-state index >= 15 is 0 Å². The first kappa shape index (κ1) is 15.0. The molecule has 0 atom stereocenters. The first-order valence-electron chi connectivity index (χ1n) is 7.29. The van der Waals surface area contributed by atoms with Crippen molar-refractivity contribution in [1.29, 1.82) is 0 Å². The van der Waals surface area contributed by atoms with Crippen molar-refractivity contribution < 1.29 is 13.3 Å². The van der Waals surface area contributed by atoms with E-state index in [1.807, 2.05) is 4.90 Å². The van der Waals surface area contributed by atoms with Crippen LogP contribution in [0.15, 0.2) is 23.2 Å². The largest absolute Gasteiger partial charge is 0.339 e. The van der Waals surface area contributed by atoms with Gasteiger partial charge in [0.1, 0.15) is 6.33 Å². The summed E-state index contributed by atoms with van der Waals surface area (Å²) in [6.45, 7) is 1.26. The number of halogens is 2. The molecule has 118 valence electrons. The minimum atomic E-state index is -2.26. The molecule has 0 amide bonds. The third kappa shape index (κ3) is 3.82. The van der Waals surface area contributed by atoms with Gasteiger partial charge in [-0.1, -0.05) is 5.16 Å². The molecule has 6 nitrogen and oxygen atoms in total. The average Bonchev–Trinajstić information content (AvgIpc) is 2.98. The molecule has 0 aliphatic carbocycles. The monoisotopic (exact) mass is 309 g/mol. The van der Waals surface area contributed by atoms with Crippen LogP contribution >= 0.6 is 0 Å².